The molecule has 0 saturated carbocycles. The summed E-state index contributed by atoms with van der Waals surface area (Å²) < 4.78 is 5.53. The fraction of sp³-hybridized carbons (Fsp3) is 0.571. The normalized spacial score (nSPS) is 17.6. The number of rotatable bonds is 5. The van der Waals surface area contributed by atoms with Crippen LogP contribution in [-0.4, -0.2) is 42.4 Å². The van der Waals surface area contributed by atoms with Crippen LogP contribution in [0.3, 0.4) is 0 Å². The summed E-state index contributed by atoms with van der Waals surface area (Å²) in [7, 11) is 0. The maximum atomic E-state index is 9.92. The van der Waals surface area contributed by atoms with E-state index >= 15 is 0 Å². The van der Waals surface area contributed by atoms with Gasteiger partial charge in [-0.05, 0) is 50.2 Å². The van der Waals surface area contributed by atoms with Crippen molar-refractivity contribution in [3.63, 3.8) is 0 Å². The zero-order valence-corrected chi connectivity index (χ0v) is 12.4. The van der Waals surface area contributed by atoms with Crippen LogP contribution >= 0.6 is 11.6 Å². The summed E-state index contributed by atoms with van der Waals surface area (Å²) >= 11 is 5.79. The Morgan fingerprint density at radius 1 is 1.21 bits per heavy atom. The Bertz CT molecular complexity index is 359. The molecule has 108 valence electrons. The van der Waals surface area contributed by atoms with Crippen molar-refractivity contribution in [2.24, 2.45) is 0 Å². The van der Waals surface area contributed by atoms with E-state index in [1.165, 1.54) is 19.3 Å². The lowest BCUT2D eigenvalue weighted by Gasteiger charge is -2.28. The minimum atomic E-state index is -0.432. The lowest BCUT2D eigenvalue weighted by molar-refractivity contribution is -0.00000599. The molecule has 1 saturated heterocycles. The SMILES string of the molecule is OC(COc1ccc(Cl)cc1)CN1CCCCC1.[Cl-].[H+]. The van der Waals surface area contributed by atoms with E-state index in [0.29, 0.717) is 18.2 Å². The summed E-state index contributed by atoms with van der Waals surface area (Å²) in [6, 6.07) is 7.20. The first kappa shape index (κ1) is 16.6. The number of aliphatic hydroxyl groups is 1. The van der Waals surface area contributed by atoms with Crippen LogP contribution in [-0.2, 0) is 0 Å². The molecule has 1 aliphatic heterocycles. The highest BCUT2D eigenvalue weighted by Gasteiger charge is 2.14. The molecule has 1 fully saturated rings. The predicted octanol–water partition coefficient (Wildman–Crippen LogP) is -0.318. The molecule has 1 aromatic rings. The van der Waals surface area contributed by atoms with Gasteiger partial charge in [0.2, 0.25) is 0 Å². The number of likely N-dealkylation sites (tertiary alicyclic amines) is 1. The molecule has 1 heterocycles. The number of hydrogen-bond acceptors (Lipinski definition) is 3. The van der Waals surface area contributed by atoms with Crippen LogP contribution in [0, 0.1) is 0 Å². The number of β-amino-alcohol motifs (C(OH)–C–C–N with tert-alkyl or cyclic N) is 1. The van der Waals surface area contributed by atoms with Gasteiger partial charge in [0, 0.05) is 11.6 Å². The van der Waals surface area contributed by atoms with Crippen molar-refractivity contribution in [3.8, 4) is 5.75 Å². The summed E-state index contributed by atoms with van der Waals surface area (Å²) in [5.41, 5.74) is 0. The van der Waals surface area contributed by atoms with Crippen LogP contribution in [0.5, 0.6) is 5.75 Å². The van der Waals surface area contributed by atoms with Crippen LogP contribution in [0.4, 0.5) is 0 Å². The van der Waals surface area contributed by atoms with Crippen molar-refractivity contribution in [1.29, 1.82) is 0 Å². The van der Waals surface area contributed by atoms with Gasteiger partial charge in [-0.3, -0.25) is 0 Å². The molecule has 5 heteroatoms. The number of aliphatic hydroxyl groups excluding tert-OH is 1. The van der Waals surface area contributed by atoms with Gasteiger partial charge in [0.05, 0.1) is 0 Å². The van der Waals surface area contributed by atoms with Crippen molar-refractivity contribution in [1.82, 2.24) is 4.90 Å². The van der Waals surface area contributed by atoms with Crippen LogP contribution < -0.4 is 17.1 Å². The monoisotopic (exact) mass is 305 g/mol. The highest BCUT2D eigenvalue weighted by atomic mass is 35.5. The van der Waals surface area contributed by atoms with E-state index in [-0.39, 0.29) is 13.8 Å². The molecule has 0 amide bonds. The molecular formula is C14H21Cl2NO2. The molecule has 0 aliphatic carbocycles. The van der Waals surface area contributed by atoms with Gasteiger partial charge in [-0.25, -0.2) is 0 Å². The Hall–Kier alpha value is -0.480. The second kappa shape index (κ2) is 8.64. The average Bonchev–Trinajstić information content (AvgIpc) is 2.39. The highest BCUT2D eigenvalue weighted by Crippen LogP contribution is 2.16. The van der Waals surface area contributed by atoms with Gasteiger partial charge in [0.15, 0.2) is 0 Å². The smallest absolute Gasteiger partial charge is 1.00 e. The van der Waals surface area contributed by atoms with Crippen LogP contribution in [0.2, 0.25) is 5.02 Å². The standard InChI is InChI=1S/C14H20ClNO2.ClH/c15-12-4-6-14(7-5-12)18-11-13(17)10-16-8-2-1-3-9-16;/h4-7,13,17H,1-3,8-11H2;1H. The van der Waals surface area contributed by atoms with E-state index in [9.17, 15) is 5.11 Å². The van der Waals surface area contributed by atoms with E-state index in [2.05, 4.69) is 4.90 Å². The number of benzene rings is 1. The molecule has 1 N–H and O–H groups in total. The van der Waals surface area contributed by atoms with Crippen LogP contribution in [0.25, 0.3) is 0 Å². The second-order valence-electron chi connectivity index (χ2n) is 4.78. The molecule has 0 bridgehead atoms. The van der Waals surface area contributed by atoms with E-state index in [4.69, 9.17) is 16.3 Å². The van der Waals surface area contributed by atoms with E-state index in [0.717, 1.165) is 18.8 Å². The average molecular weight is 306 g/mol. The summed E-state index contributed by atoms with van der Waals surface area (Å²) in [6.45, 7) is 3.22. The Morgan fingerprint density at radius 2 is 1.84 bits per heavy atom. The topological polar surface area (TPSA) is 32.7 Å². The number of piperidine rings is 1. The summed E-state index contributed by atoms with van der Waals surface area (Å²) in [5.74, 6) is 0.747. The summed E-state index contributed by atoms with van der Waals surface area (Å²) in [6.07, 6.45) is 3.36. The van der Waals surface area contributed by atoms with Gasteiger partial charge in [-0.1, -0.05) is 18.0 Å². The van der Waals surface area contributed by atoms with Gasteiger partial charge in [-0.2, -0.15) is 0 Å². The zero-order chi connectivity index (χ0) is 12.8. The molecule has 0 radical (unpaired) electrons. The van der Waals surface area contributed by atoms with E-state index < -0.39 is 6.10 Å². The van der Waals surface area contributed by atoms with Gasteiger partial charge < -0.3 is 27.2 Å². The lowest BCUT2D eigenvalue weighted by atomic mass is 10.1. The first-order valence-electron chi connectivity index (χ1n) is 6.53. The fourth-order valence-electron chi connectivity index (χ4n) is 2.22. The number of hydrogen-bond donors (Lipinski definition) is 1. The minimum absolute atomic E-state index is 0. The van der Waals surface area contributed by atoms with Gasteiger partial charge in [0.25, 0.3) is 0 Å². The molecule has 1 atom stereocenters. The molecule has 2 rings (SSSR count). The quantitative estimate of drug-likeness (QED) is 0.809. The third-order valence-corrected chi connectivity index (χ3v) is 3.43. The molecule has 1 unspecified atom stereocenters. The first-order chi connectivity index (χ1) is 8.74. The Labute approximate surface area is 127 Å². The number of ether oxygens (including phenoxy) is 1. The highest BCUT2D eigenvalue weighted by molar-refractivity contribution is 6.30. The third kappa shape index (κ3) is 6.00. The van der Waals surface area contributed by atoms with E-state index in [1.54, 1.807) is 12.1 Å². The molecule has 1 aliphatic rings. The lowest BCUT2D eigenvalue weighted by Crippen LogP contribution is -3.00. The van der Waals surface area contributed by atoms with Crippen molar-refractivity contribution >= 4 is 11.6 Å². The first-order valence-corrected chi connectivity index (χ1v) is 6.90. The largest absolute Gasteiger partial charge is 1.00 e. The molecular weight excluding hydrogens is 285 g/mol. The van der Waals surface area contributed by atoms with Crippen molar-refractivity contribution in [2.45, 2.75) is 25.4 Å². The van der Waals surface area contributed by atoms with Crippen LogP contribution in [0.1, 0.15) is 20.7 Å². The number of halogens is 2. The minimum Gasteiger partial charge on any atom is -1.00 e. The summed E-state index contributed by atoms with van der Waals surface area (Å²) in [4.78, 5) is 2.30. The predicted molar refractivity (Wildman–Crippen MR) is 74.4 cm³/mol. The van der Waals surface area contributed by atoms with Gasteiger partial charge >= 0.3 is 1.43 Å². The second-order valence-corrected chi connectivity index (χ2v) is 5.22. The van der Waals surface area contributed by atoms with Crippen molar-refractivity contribution in [2.75, 3.05) is 26.2 Å². The van der Waals surface area contributed by atoms with Gasteiger partial charge in [0.1, 0.15) is 18.5 Å². The Morgan fingerprint density at radius 3 is 2.47 bits per heavy atom. The molecule has 0 spiro atoms. The summed E-state index contributed by atoms with van der Waals surface area (Å²) in [5, 5.41) is 10.6. The Kier molecular flexibility index (Phi) is 7.54. The Balaban J connectivity index is 0.00000180. The molecule has 1 aromatic carbocycles. The van der Waals surface area contributed by atoms with Crippen LogP contribution in [0.15, 0.2) is 24.3 Å². The van der Waals surface area contributed by atoms with E-state index in [1.807, 2.05) is 12.1 Å². The maximum Gasteiger partial charge on any atom is 1.00 e. The van der Waals surface area contributed by atoms with Crippen molar-refractivity contribution in [3.05, 3.63) is 29.3 Å². The molecule has 0 aromatic heterocycles. The van der Waals surface area contributed by atoms with Crippen molar-refractivity contribution < 1.29 is 23.7 Å². The van der Waals surface area contributed by atoms with Gasteiger partial charge in [-0.15, -0.1) is 0 Å². The number of nitrogens with zero attached hydrogens (tertiary/aromatic N) is 1. The zero-order valence-electron chi connectivity index (χ0n) is 11.9. The maximum absolute atomic E-state index is 9.92. The molecule has 3 nitrogen and oxygen atoms in total. The third-order valence-electron chi connectivity index (χ3n) is 3.17. The molecule has 19 heavy (non-hydrogen) atoms. The fourth-order valence-corrected chi connectivity index (χ4v) is 2.34.